The lowest BCUT2D eigenvalue weighted by atomic mass is 10.1. The van der Waals surface area contributed by atoms with Crippen molar-refractivity contribution in [3.8, 4) is 11.1 Å². The van der Waals surface area contributed by atoms with Crippen molar-refractivity contribution < 1.29 is 9.50 Å². The van der Waals surface area contributed by atoms with Crippen LogP contribution in [-0.4, -0.2) is 10.1 Å². The fraction of sp³-hybridized carbons (Fsp3) is 0.0833. The van der Waals surface area contributed by atoms with Crippen LogP contribution in [0.5, 0.6) is 0 Å². The zero-order valence-corrected chi connectivity index (χ0v) is 8.02. The van der Waals surface area contributed by atoms with Gasteiger partial charge in [-0.1, -0.05) is 18.2 Å². The van der Waals surface area contributed by atoms with Crippen molar-refractivity contribution in [2.45, 2.75) is 6.61 Å². The first-order valence-corrected chi connectivity index (χ1v) is 4.61. The van der Waals surface area contributed by atoms with E-state index < -0.39 is 0 Å². The number of halogens is 1. The highest BCUT2D eigenvalue weighted by Crippen LogP contribution is 2.22. The quantitative estimate of drug-likeness (QED) is 0.812. The zero-order valence-electron chi connectivity index (χ0n) is 8.02. The second-order valence-corrected chi connectivity index (χ2v) is 3.21. The van der Waals surface area contributed by atoms with Gasteiger partial charge in [0.15, 0.2) is 0 Å². The summed E-state index contributed by atoms with van der Waals surface area (Å²) in [5, 5.41) is 8.84. The molecule has 0 unspecified atom stereocenters. The summed E-state index contributed by atoms with van der Waals surface area (Å²) < 4.78 is 13.6. The van der Waals surface area contributed by atoms with Crippen LogP contribution >= 0.6 is 0 Å². The fourth-order valence-electron chi connectivity index (χ4n) is 1.41. The van der Waals surface area contributed by atoms with Gasteiger partial charge in [0.05, 0.1) is 6.61 Å². The Balaban J connectivity index is 2.46. The Labute approximate surface area is 87.0 Å². The van der Waals surface area contributed by atoms with Gasteiger partial charge >= 0.3 is 0 Å². The van der Waals surface area contributed by atoms with Crippen molar-refractivity contribution in [1.82, 2.24) is 4.98 Å². The molecule has 0 aliphatic carbocycles. The smallest absolute Gasteiger partial charge is 0.131 e. The highest BCUT2D eigenvalue weighted by atomic mass is 19.1. The van der Waals surface area contributed by atoms with E-state index in [-0.39, 0.29) is 12.4 Å². The number of aliphatic hydroxyl groups is 1. The summed E-state index contributed by atoms with van der Waals surface area (Å²) in [5.74, 6) is -0.338. The molecular weight excluding hydrogens is 193 g/mol. The molecule has 0 fully saturated rings. The fourth-order valence-corrected chi connectivity index (χ4v) is 1.41. The lowest BCUT2D eigenvalue weighted by Gasteiger charge is -2.04. The zero-order chi connectivity index (χ0) is 10.7. The van der Waals surface area contributed by atoms with Crippen LogP contribution in [0.4, 0.5) is 4.39 Å². The van der Waals surface area contributed by atoms with Crippen molar-refractivity contribution in [3.63, 3.8) is 0 Å². The molecule has 1 heterocycles. The van der Waals surface area contributed by atoms with Crippen LogP contribution in [0.1, 0.15) is 5.56 Å². The predicted octanol–water partition coefficient (Wildman–Crippen LogP) is 2.38. The first kappa shape index (κ1) is 9.80. The lowest BCUT2D eigenvalue weighted by Crippen LogP contribution is -1.89. The number of pyridine rings is 1. The normalized spacial score (nSPS) is 10.3. The van der Waals surface area contributed by atoms with Gasteiger partial charge in [0.2, 0.25) is 0 Å². The average molecular weight is 203 g/mol. The van der Waals surface area contributed by atoms with E-state index in [0.717, 1.165) is 5.56 Å². The van der Waals surface area contributed by atoms with E-state index in [1.807, 2.05) is 0 Å². The summed E-state index contributed by atoms with van der Waals surface area (Å²) in [6.07, 6.45) is 3.25. The second kappa shape index (κ2) is 4.19. The Bertz CT molecular complexity index is 456. The molecule has 2 rings (SSSR count). The molecule has 1 N–H and O–H groups in total. The molecule has 0 aliphatic heterocycles. The first-order valence-electron chi connectivity index (χ1n) is 4.61. The van der Waals surface area contributed by atoms with E-state index >= 15 is 0 Å². The number of aliphatic hydroxyl groups excluding tert-OH is 1. The lowest BCUT2D eigenvalue weighted by molar-refractivity contribution is 0.281. The Morgan fingerprint density at radius 3 is 2.73 bits per heavy atom. The number of aromatic nitrogens is 1. The third kappa shape index (κ3) is 2.02. The van der Waals surface area contributed by atoms with Gasteiger partial charge in [-0.05, 0) is 17.7 Å². The molecule has 0 aliphatic rings. The summed E-state index contributed by atoms with van der Waals surface area (Å²) >= 11 is 0. The molecule has 3 heteroatoms. The molecular formula is C12H10FNO. The van der Waals surface area contributed by atoms with Gasteiger partial charge in [-0.3, -0.25) is 4.98 Å². The molecule has 15 heavy (non-hydrogen) atoms. The molecule has 0 amide bonds. The summed E-state index contributed by atoms with van der Waals surface area (Å²) in [6.45, 7) is -0.149. The van der Waals surface area contributed by atoms with Crippen LogP contribution in [0.2, 0.25) is 0 Å². The van der Waals surface area contributed by atoms with Crippen molar-refractivity contribution in [2.24, 2.45) is 0 Å². The van der Waals surface area contributed by atoms with Crippen LogP contribution < -0.4 is 0 Å². The van der Waals surface area contributed by atoms with Gasteiger partial charge in [-0.15, -0.1) is 0 Å². The van der Waals surface area contributed by atoms with Gasteiger partial charge in [0.25, 0.3) is 0 Å². The SMILES string of the molecule is OCc1ccc(-c2cccnc2)c(F)c1. The molecule has 1 aromatic carbocycles. The monoisotopic (exact) mass is 203 g/mol. The Morgan fingerprint density at radius 2 is 2.13 bits per heavy atom. The molecule has 76 valence electrons. The summed E-state index contributed by atoms with van der Waals surface area (Å²) in [5.41, 5.74) is 1.81. The van der Waals surface area contributed by atoms with Crippen molar-refractivity contribution in [1.29, 1.82) is 0 Å². The number of hydrogen-bond acceptors (Lipinski definition) is 2. The van der Waals surface area contributed by atoms with Crippen molar-refractivity contribution >= 4 is 0 Å². The van der Waals surface area contributed by atoms with Crippen molar-refractivity contribution in [3.05, 3.63) is 54.1 Å². The molecule has 0 saturated carbocycles. The minimum Gasteiger partial charge on any atom is -0.392 e. The first-order chi connectivity index (χ1) is 7.31. The van der Waals surface area contributed by atoms with E-state index in [0.29, 0.717) is 11.1 Å². The Morgan fingerprint density at radius 1 is 1.27 bits per heavy atom. The largest absolute Gasteiger partial charge is 0.392 e. The van der Waals surface area contributed by atoms with E-state index in [1.165, 1.54) is 6.07 Å². The third-order valence-corrected chi connectivity index (χ3v) is 2.19. The highest BCUT2D eigenvalue weighted by Gasteiger charge is 2.05. The predicted molar refractivity (Wildman–Crippen MR) is 55.6 cm³/mol. The average Bonchev–Trinajstić information content (AvgIpc) is 2.30. The van der Waals surface area contributed by atoms with E-state index in [4.69, 9.17) is 5.11 Å². The standard InChI is InChI=1S/C12H10FNO/c13-12-6-9(8-15)3-4-11(12)10-2-1-5-14-7-10/h1-7,15H,8H2. The maximum Gasteiger partial charge on any atom is 0.131 e. The minimum atomic E-state index is -0.338. The van der Waals surface area contributed by atoms with Gasteiger partial charge in [-0.2, -0.15) is 0 Å². The molecule has 0 bridgehead atoms. The van der Waals surface area contributed by atoms with Gasteiger partial charge in [0, 0.05) is 23.5 Å². The van der Waals surface area contributed by atoms with Crippen LogP contribution in [0.15, 0.2) is 42.7 Å². The van der Waals surface area contributed by atoms with E-state index in [9.17, 15) is 4.39 Å². The number of hydrogen-bond donors (Lipinski definition) is 1. The van der Waals surface area contributed by atoms with Crippen LogP contribution in [-0.2, 0) is 6.61 Å². The minimum absolute atomic E-state index is 0.149. The van der Waals surface area contributed by atoms with Crippen LogP contribution in [0.25, 0.3) is 11.1 Å². The topological polar surface area (TPSA) is 33.1 Å². The second-order valence-electron chi connectivity index (χ2n) is 3.21. The molecule has 0 atom stereocenters. The molecule has 0 radical (unpaired) electrons. The van der Waals surface area contributed by atoms with Gasteiger partial charge in [0.1, 0.15) is 5.82 Å². The molecule has 0 spiro atoms. The summed E-state index contributed by atoms with van der Waals surface area (Å²) in [6, 6.07) is 8.24. The molecule has 1 aromatic heterocycles. The van der Waals surface area contributed by atoms with Gasteiger partial charge < -0.3 is 5.11 Å². The number of nitrogens with zero attached hydrogens (tertiary/aromatic N) is 1. The maximum atomic E-state index is 13.6. The van der Waals surface area contributed by atoms with Crippen LogP contribution in [0.3, 0.4) is 0 Å². The number of rotatable bonds is 2. The van der Waals surface area contributed by atoms with E-state index in [2.05, 4.69) is 4.98 Å². The van der Waals surface area contributed by atoms with Gasteiger partial charge in [-0.25, -0.2) is 4.39 Å². The molecule has 0 saturated heterocycles. The van der Waals surface area contributed by atoms with E-state index in [1.54, 1.807) is 36.7 Å². The third-order valence-electron chi connectivity index (χ3n) is 2.19. The summed E-state index contributed by atoms with van der Waals surface area (Å²) in [7, 11) is 0. The Kier molecular flexibility index (Phi) is 2.74. The van der Waals surface area contributed by atoms with Crippen molar-refractivity contribution in [2.75, 3.05) is 0 Å². The molecule has 2 aromatic rings. The summed E-state index contributed by atoms with van der Waals surface area (Å²) in [4.78, 5) is 3.93. The molecule has 2 nitrogen and oxygen atoms in total. The Hall–Kier alpha value is -1.74. The maximum absolute atomic E-state index is 13.6. The highest BCUT2D eigenvalue weighted by molar-refractivity contribution is 5.63. The van der Waals surface area contributed by atoms with Crippen LogP contribution in [0, 0.1) is 5.82 Å². The number of benzene rings is 1.